The van der Waals surface area contributed by atoms with E-state index in [0.29, 0.717) is 5.75 Å². The Labute approximate surface area is 119 Å². The van der Waals surface area contributed by atoms with E-state index in [-0.39, 0.29) is 16.0 Å². The van der Waals surface area contributed by atoms with Crippen molar-refractivity contribution in [3.8, 4) is 11.8 Å². The quantitative estimate of drug-likeness (QED) is 0.291. The fourth-order valence-electron chi connectivity index (χ4n) is 1.50. The van der Waals surface area contributed by atoms with Gasteiger partial charge in [0.2, 0.25) is 0 Å². The molecule has 0 saturated carbocycles. The summed E-state index contributed by atoms with van der Waals surface area (Å²) in [7, 11) is -3.79. The minimum Gasteiger partial charge on any atom is -0.416 e. The van der Waals surface area contributed by atoms with Crippen LogP contribution >= 0.6 is 19.9 Å². The molecule has 8 nitrogen and oxygen atoms in total. The summed E-state index contributed by atoms with van der Waals surface area (Å²) in [6.07, 6.45) is 0. The molecule has 6 N–H and O–H groups in total. The normalized spacial score (nSPS) is 13.4. The predicted octanol–water partition coefficient (Wildman–Crippen LogP) is 1.50. The summed E-state index contributed by atoms with van der Waals surface area (Å²) in [5.41, 5.74) is 5.73. The van der Waals surface area contributed by atoms with E-state index in [1.807, 2.05) is 6.07 Å². The molecule has 0 bridgehead atoms. The summed E-state index contributed by atoms with van der Waals surface area (Å²) < 4.78 is 19.0. The van der Waals surface area contributed by atoms with Crippen molar-refractivity contribution in [1.82, 2.24) is 14.7 Å². The van der Waals surface area contributed by atoms with Crippen LogP contribution in [-0.4, -0.2) is 9.55 Å². The second-order valence-electron chi connectivity index (χ2n) is 3.68. The number of nitrogen functional groups attached to an aromatic ring is 1. The first-order chi connectivity index (χ1) is 9.51. The summed E-state index contributed by atoms with van der Waals surface area (Å²) in [4.78, 5) is 0. The molecule has 2 aromatic rings. The lowest BCUT2D eigenvalue weighted by atomic mass is 10.3. The number of nitrogens with two attached hydrogens (primary N) is 2. The first-order valence-corrected chi connectivity index (χ1v) is 7.34. The Morgan fingerprint density at radius 2 is 2.10 bits per heavy atom. The zero-order valence-electron chi connectivity index (χ0n) is 10.1. The summed E-state index contributed by atoms with van der Waals surface area (Å²) in [6.45, 7) is 0. The maximum absolute atomic E-state index is 12.7. The molecule has 20 heavy (non-hydrogen) atoms. The van der Waals surface area contributed by atoms with Crippen molar-refractivity contribution < 1.29 is 9.09 Å². The Hall–Kier alpha value is -2.11. The van der Waals surface area contributed by atoms with Crippen LogP contribution in [0.1, 0.15) is 5.56 Å². The van der Waals surface area contributed by atoms with Crippen molar-refractivity contribution in [1.29, 1.82) is 5.26 Å². The van der Waals surface area contributed by atoms with Gasteiger partial charge in [0, 0.05) is 0 Å². The number of H-pyrrole nitrogens is 1. The summed E-state index contributed by atoms with van der Waals surface area (Å²) in [6, 6.07) is 10.2. The van der Waals surface area contributed by atoms with E-state index in [9.17, 15) is 4.57 Å². The van der Waals surface area contributed by atoms with Crippen molar-refractivity contribution in [3.63, 3.8) is 0 Å². The molecule has 0 spiro atoms. The van der Waals surface area contributed by atoms with Gasteiger partial charge in [-0.15, -0.1) is 0 Å². The molecule has 1 atom stereocenters. The van der Waals surface area contributed by atoms with Gasteiger partial charge in [-0.05, 0) is 12.1 Å². The van der Waals surface area contributed by atoms with Crippen LogP contribution < -0.4 is 21.3 Å². The molecule has 1 aromatic carbocycles. The van der Waals surface area contributed by atoms with Crippen molar-refractivity contribution in [2.24, 2.45) is 5.84 Å². The average Bonchev–Trinajstić information content (AvgIpc) is 2.75. The highest BCUT2D eigenvalue weighted by Gasteiger charge is 2.30. The van der Waals surface area contributed by atoms with Crippen LogP contribution in [0.3, 0.4) is 0 Å². The van der Waals surface area contributed by atoms with Crippen LogP contribution in [0, 0.1) is 16.0 Å². The largest absolute Gasteiger partial charge is 0.452 e. The first-order valence-electron chi connectivity index (χ1n) is 5.36. The summed E-state index contributed by atoms with van der Waals surface area (Å²) in [5.74, 6) is 5.51. The molecule has 104 valence electrons. The standard InChI is InChI=1S/C10H11N6O2PS/c11-6-8-9(12)16(14-10(8)20)19(17,15-13)18-7-4-2-1-3-5-7/h1-5H,12-13H2,(H,14,20)(H,15,17). The molecule has 1 heterocycles. The molecule has 0 saturated heterocycles. The van der Waals surface area contributed by atoms with Crippen LogP contribution in [0.25, 0.3) is 0 Å². The highest BCUT2D eigenvalue weighted by atomic mass is 32.1. The second kappa shape index (κ2) is 5.48. The van der Waals surface area contributed by atoms with Gasteiger partial charge >= 0.3 is 7.67 Å². The zero-order valence-corrected chi connectivity index (χ0v) is 11.8. The van der Waals surface area contributed by atoms with Crippen LogP contribution in [0.15, 0.2) is 30.3 Å². The van der Waals surface area contributed by atoms with Crippen molar-refractivity contribution in [3.05, 3.63) is 40.5 Å². The van der Waals surface area contributed by atoms with Gasteiger partial charge in [0.15, 0.2) is 5.82 Å². The molecule has 0 aliphatic carbocycles. The lowest BCUT2D eigenvalue weighted by molar-refractivity contribution is 0.452. The van der Waals surface area contributed by atoms with Crippen LogP contribution in [0.5, 0.6) is 5.75 Å². The minimum absolute atomic E-state index is 0.00661. The number of anilines is 1. The van der Waals surface area contributed by atoms with Crippen LogP contribution in [0.4, 0.5) is 5.82 Å². The molecule has 0 aliphatic rings. The Morgan fingerprint density at radius 3 is 2.60 bits per heavy atom. The van der Waals surface area contributed by atoms with E-state index in [1.165, 1.54) is 0 Å². The molecular weight excluding hydrogens is 299 g/mol. The van der Waals surface area contributed by atoms with E-state index in [2.05, 4.69) is 10.3 Å². The molecule has 2 rings (SSSR count). The number of rotatable bonds is 4. The number of nitrogens with zero attached hydrogens (tertiary/aromatic N) is 2. The van der Waals surface area contributed by atoms with Gasteiger partial charge in [0.1, 0.15) is 22.0 Å². The van der Waals surface area contributed by atoms with Gasteiger partial charge in [-0.1, -0.05) is 30.4 Å². The van der Waals surface area contributed by atoms with E-state index in [4.69, 9.17) is 33.6 Å². The van der Waals surface area contributed by atoms with Gasteiger partial charge in [-0.3, -0.25) is 10.9 Å². The third-order valence-corrected chi connectivity index (χ3v) is 4.35. The van der Waals surface area contributed by atoms with Crippen molar-refractivity contribution in [2.45, 2.75) is 0 Å². The van der Waals surface area contributed by atoms with E-state index in [1.54, 1.807) is 30.3 Å². The van der Waals surface area contributed by atoms with Gasteiger partial charge in [0.05, 0.1) is 0 Å². The van der Waals surface area contributed by atoms with E-state index >= 15 is 0 Å². The molecular formula is C10H11N6O2PS. The molecule has 1 aromatic heterocycles. The lowest BCUT2D eigenvalue weighted by Gasteiger charge is -2.19. The number of hydrogen-bond donors (Lipinski definition) is 4. The Balaban J connectivity index is 2.50. The van der Waals surface area contributed by atoms with Gasteiger partial charge in [-0.25, -0.2) is 4.57 Å². The summed E-state index contributed by atoms with van der Waals surface area (Å²) >= 11 is 4.92. The molecule has 10 heteroatoms. The minimum atomic E-state index is -3.79. The number of aromatic nitrogens is 2. The Bertz CT molecular complexity index is 762. The van der Waals surface area contributed by atoms with Crippen molar-refractivity contribution >= 4 is 25.7 Å². The molecule has 0 radical (unpaired) electrons. The smallest absolute Gasteiger partial charge is 0.416 e. The topological polar surface area (TPSA) is 135 Å². The maximum atomic E-state index is 12.7. The maximum Gasteiger partial charge on any atom is 0.452 e. The predicted molar refractivity (Wildman–Crippen MR) is 76.1 cm³/mol. The first kappa shape index (κ1) is 14.3. The fourth-order valence-corrected chi connectivity index (χ4v) is 3.08. The number of aromatic amines is 1. The van der Waals surface area contributed by atoms with E-state index < -0.39 is 7.67 Å². The van der Waals surface area contributed by atoms with Crippen LogP contribution in [0.2, 0.25) is 0 Å². The lowest BCUT2D eigenvalue weighted by Crippen LogP contribution is -2.27. The average molecular weight is 310 g/mol. The SMILES string of the molecule is N#Cc1c(N)n(P(=O)(NN)Oc2ccccc2)[nH]c1=S. The van der Waals surface area contributed by atoms with Gasteiger partial charge in [-0.2, -0.15) is 14.9 Å². The number of benzene rings is 1. The van der Waals surface area contributed by atoms with E-state index in [0.717, 1.165) is 4.45 Å². The third-order valence-electron chi connectivity index (χ3n) is 2.43. The number of hydrazine groups is 1. The number of nitriles is 1. The highest BCUT2D eigenvalue weighted by molar-refractivity contribution is 7.71. The fraction of sp³-hybridized carbons (Fsp3) is 0. The molecule has 0 amide bonds. The Kier molecular flexibility index (Phi) is 3.92. The number of nitrogens with one attached hydrogen (secondary N) is 2. The monoisotopic (exact) mass is 310 g/mol. The second-order valence-corrected chi connectivity index (χ2v) is 5.97. The van der Waals surface area contributed by atoms with Gasteiger partial charge in [0.25, 0.3) is 0 Å². The van der Waals surface area contributed by atoms with Crippen molar-refractivity contribution in [2.75, 3.05) is 5.73 Å². The number of hydrogen-bond acceptors (Lipinski definition) is 6. The molecule has 0 aliphatic heterocycles. The Morgan fingerprint density at radius 1 is 1.45 bits per heavy atom. The van der Waals surface area contributed by atoms with Gasteiger partial charge < -0.3 is 10.3 Å². The highest BCUT2D eigenvalue weighted by Crippen LogP contribution is 2.45. The van der Waals surface area contributed by atoms with Crippen LogP contribution in [-0.2, 0) is 4.57 Å². The zero-order chi connectivity index (χ0) is 14.8. The molecule has 1 unspecified atom stereocenters. The third kappa shape index (κ3) is 2.45. The molecule has 0 fully saturated rings. The summed E-state index contributed by atoms with van der Waals surface area (Å²) in [5, 5.41) is 13.5. The number of para-hydroxylation sites is 1.